The van der Waals surface area contributed by atoms with E-state index < -0.39 is 23.3 Å². The Hall–Kier alpha value is -1.89. The smallest absolute Gasteiger partial charge is 0.163 e. The molecule has 1 aliphatic rings. The summed E-state index contributed by atoms with van der Waals surface area (Å²) in [5.74, 6) is 2.64. The maximum absolute atomic E-state index is 10.2. The summed E-state index contributed by atoms with van der Waals surface area (Å²) in [5, 5.41) is 29.2. The lowest BCUT2D eigenvalue weighted by Crippen LogP contribution is -2.39. The van der Waals surface area contributed by atoms with E-state index in [1.807, 2.05) is 5.48 Å². The van der Waals surface area contributed by atoms with Crippen molar-refractivity contribution in [1.29, 1.82) is 0 Å². The number of aliphatic hydroxyl groups is 2. The summed E-state index contributed by atoms with van der Waals surface area (Å²) in [5.41, 5.74) is 2.78. The van der Waals surface area contributed by atoms with Gasteiger partial charge < -0.3 is 19.5 Å². The zero-order chi connectivity index (χ0) is 16.8. The van der Waals surface area contributed by atoms with Crippen molar-refractivity contribution in [2.75, 3.05) is 12.1 Å². The lowest BCUT2D eigenvalue weighted by Gasteiger charge is -2.26. The number of terminal acetylenes is 1. The Morgan fingerprint density at radius 2 is 2.30 bits per heavy atom. The van der Waals surface area contributed by atoms with Crippen molar-refractivity contribution >= 4 is 28.5 Å². The fourth-order valence-electron chi connectivity index (χ4n) is 2.82. The topological polar surface area (TPSA) is 113 Å². The lowest BCUT2D eigenvalue weighted by molar-refractivity contribution is -0.0439. The summed E-state index contributed by atoms with van der Waals surface area (Å²) in [6.45, 7) is 1.23. The van der Waals surface area contributed by atoms with Gasteiger partial charge in [0, 0.05) is 6.20 Å². The van der Waals surface area contributed by atoms with Gasteiger partial charge in [-0.3, -0.25) is 10.7 Å². The predicted octanol–water partition coefficient (Wildman–Crippen LogP) is 0.462. The van der Waals surface area contributed by atoms with Crippen LogP contribution in [0.15, 0.2) is 12.5 Å². The van der Waals surface area contributed by atoms with E-state index in [1.54, 1.807) is 17.7 Å². The summed E-state index contributed by atoms with van der Waals surface area (Å²) < 4.78 is 7.25. The molecule has 2 aromatic rings. The van der Waals surface area contributed by atoms with E-state index in [4.69, 9.17) is 22.8 Å². The molecule has 0 aliphatic carbocycles. The molecule has 3 rings (SSSR count). The molecule has 4 atom stereocenters. The monoisotopic (exact) mass is 338 g/mol. The number of hydrogen-bond acceptors (Lipinski definition) is 7. The molecule has 3 heterocycles. The van der Waals surface area contributed by atoms with Gasteiger partial charge in [0.1, 0.15) is 29.1 Å². The molecule has 1 fully saturated rings. The number of halogens is 1. The van der Waals surface area contributed by atoms with E-state index in [0.717, 1.165) is 0 Å². The van der Waals surface area contributed by atoms with Crippen molar-refractivity contribution in [3.8, 4) is 12.3 Å². The molecule has 0 spiro atoms. The molecule has 2 unspecified atom stereocenters. The van der Waals surface area contributed by atoms with Crippen LogP contribution in [0.4, 0.5) is 5.82 Å². The van der Waals surface area contributed by atoms with Crippen molar-refractivity contribution in [2.45, 2.75) is 30.2 Å². The molecule has 1 aliphatic heterocycles. The van der Waals surface area contributed by atoms with Gasteiger partial charge in [0.25, 0.3) is 0 Å². The van der Waals surface area contributed by atoms with E-state index in [9.17, 15) is 15.4 Å². The van der Waals surface area contributed by atoms with Crippen LogP contribution in [0.5, 0.6) is 0 Å². The van der Waals surface area contributed by atoms with Gasteiger partial charge >= 0.3 is 0 Å². The average Bonchev–Trinajstić information content (AvgIpc) is 3.03. The van der Waals surface area contributed by atoms with Crippen LogP contribution in [-0.2, 0) is 4.74 Å². The largest absolute Gasteiger partial charge is 0.394 e. The van der Waals surface area contributed by atoms with Crippen molar-refractivity contribution < 1.29 is 20.2 Å². The molecule has 122 valence electrons. The maximum atomic E-state index is 10.2. The number of aliphatic hydroxyl groups excluding tert-OH is 2. The first kappa shape index (κ1) is 16.0. The fraction of sp³-hybridized carbons (Fsp3) is 0.429. The summed E-state index contributed by atoms with van der Waals surface area (Å²) in [6.07, 6.45) is 5.61. The summed E-state index contributed by atoms with van der Waals surface area (Å²) in [6, 6.07) is 0. The molecule has 1 saturated heterocycles. The first-order valence-corrected chi connectivity index (χ1v) is 7.19. The van der Waals surface area contributed by atoms with Gasteiger partial charge in [-0.25, -0.2) is 9.97 Å². The number of aromatic nitrogens is 3. The zero-order valence-electron chi connectivity index (χ0n) is 12.1. The molecule has 8 nitrogen and oxygen atoms in total. The summed E-state index contributed by atoms with van der Waals surface area (Å²) in [4.78, 5) is 6.87. The molecule has 23 heavy (non-hydrogen) atoms. The molecule has 4 N–H and O–H groups in total. The first-order chi connectivity index (χ1) is 11.0. The highest BCUT2D eigenvalue weighted by Crippen LogP contribution is 2.45. The number of alkyl halides is 1. The standard InChI is InChI=1S/C14H15ClN4O4/c1-3-7-4-19(12-9(7)11(18-22)16-6-17-12)13-14(2,15)10(21)8(5-20)23-13/h1,4,6,8,10,13,20-22H,5H2,2H3,(H,16,17,18)/t8?,10?,13-,14-/m1/s1. The van der Waals surface area contributed by atoms with Crippen LogP contribution >= 0.6 is 11.6 Å². The Morgan fingerprint density at radius 1 is 1.57 bits per heavy atom. The minimum atomic E-state index is -1.21. The van der Waals surface area contributed by atoms with E-state index >= 15 is 0 Å². The van der Waals surface area contributed by atoms with Gasteiger partial charge in [-0.2, -0.15) is 0 Å². The number of ether oxygens (including phenoxy) is 1. The second-order valence-corrected chi connectivity index (χ2v) is 6.25. The van der Waals surface area contributed by atoms with E-state index in [0.29, 0.717) is 16.6 Å². The minimum absolute atomic E-state index is 0.148. The number of rotatable bonds is 3. The summed E-state index contributed by atoms with van der Waals surface area (Å²) >= 11 is 6.45. The van der Waals surface area contributed by atoms with Gasteiger partial charge in [0.2, 0.25) is 0 Å². The van der Waals surface area contributed by atoms with E-state index in [-0.39, 0.29) is 12.4 Å². The Morgan fingerprint density at radius 3 is 2.87 bits per heavy atom. The van der Waals surface area contributed by atoms with Crippen LogP contribution in [0.1, 0.15) is 18.7 Å². The Kier molecular flexibility index (Phi) is 3.91. The third-order valence-corrected chi connectivity index (χ3v) is 4.43. The SMILES string of the molecule is C#Cc1cn([C@@H]2OC(CO)C(O)[C@@]2(C)Cl)c2ncnc(NO)c12. The molecular formula is C14H15ClN4O4. The molecule has 0 saturated carbocycles. The van der Waals surface area contributed by atoms with Crippen LogP contribution in [0.25, 0.3) is 11.0 Å². The maximum Gasteiger partial charge on any atom is 0.163 e. The van der Waals surface area contributed by atoms with Crippen molar-refractivity contribution in [1.82, 2.24) is 14.5 Å². The second kappa shape index (κ2) is 5.63. The molecule has 9 heteroatoms. The van der Waals surface area contributed by atoms with Crippen molar-refractivity contribution in [2.24, 2.45) is 0 Å². The number of anilines is 1. The highest BCUT2D eigenvalue weighted by Gasteiger charge is 2.53. The van der Waals surface area contributed by atoms with E-state index in [1.165, 1.54) is 6.33 Å². The highest BCUT2D eigenvalue weighted by atomic mass is 35.5. The number of hydrogen-bond donors (Lipinski definition) is 4. The normalized spacial score (nSPS) is 30.5. The van der Waals surface area contributed by atoms with Gasteiger partial charge in [-0.15, -0.1) is 18.0 Å². The fourth-order valence-corrected chi connectivity index (χ4v) is 3.12. The van der Waals surface area contributed by atoms with Gasteiger partial charge in [0.05, 0.1) is 17.6 Å². The highest BCUT2D eigenvalue weighted by molar-refractivity contribution is 6.24. The van der Waals surface area contributed by atoms with Gasteiger partial charge in [-0.05, 0) is 6.92 Å². The lowest BCUT2D eigenvalue weighted by atomic mass is 10.0. The van der Waals surface area contributed by atoms with Crippen LogP contribution in [0.2, 0.25) is 0 Å². The van der Waals surface area contributed by atoms with E-state index in [2.05, 4.69) is 15.9 Å². The average molecular weight is 339 g/mol. The summed E-state index contributed by atoms with van der Waals surface area (Å²) in [7, 11) is 0. The predicted molar refractivity (Wildman–Crippen MR) is 82.1 cm³/mol. The number of nitrogens with zero attached hydrogens (tertiary/aromatic N) is 3. The Bertz CT molecular complexity index is 785. The van der Waals surface area contributed by atoms with Crippen molar-refractivity contribution in [3.63, 3.8) is 0 Å². The second-order valence-electron chi connectivity index (χ2n) is 5.43. The molecule has 0 bridgehead atoms. The third kappa shape index (κ3) is 2.25. The number of nitrogens with one attached hydrogen (secondary N) is 1. The Labute approximate surface area is 136 Å². The quantitative estimate of drug-likeness (QED) is 0.365. The van der Waals surface area contributed by atoms with Crippen LogP contribution in [0, 0.1) is 12.3 Å². The van der Waals surface area contributed by atoms with Crippen LogP contribution in [-0.4, -0.2) is 53.6 Å². The van der Waals surface area contributed by atoms with Crippen LogP contribution in [0.3, 0.4) is 0 Å². The third-order valence-electron chi connectivity index (χ3n) is 4.02. The molecule has 0 amide bonds. The first-order valence-electron chi connectivity index (χ1n) is 6.81. The zero-order valence-corrected chi connectivity index (χ0v) is 12.9. The minimum Gasteiger partial charge on any atom is -0.394 e. The van der Waals surface area contributed by atoms with Gasteiger partial charge in [0.15, 0.2) is 12.0 Å². The Balaban J connectivity index is 2.20. The molecule has 0 radical (unpaired) electrons. The molecule has 0 aromatic carbocycles. The molecular weight excluding hydrogens is 324 g/mol. The number of fused-ring (bicyclic) bond motifs is 1. The molecule has 2 aromatic heterocycles. The van der Waals surface area contributed by atoms with Gasteiger partial charge in [-0.1, -0.05) is 5.92 Å². The van der Waals surface area contributed by atoms with Crippen LogP contribution < -0.4 is 5.48 Å². The van der Waals surface area contributed by atoms with Crippen molar-refractivity contribution in [3.05, 3.63) is 18.1 Å².